The molecule has 1 unspecified atom stereocenters. The lowest BCUT2D eigenvalue weighted by Gasteiger charge is -2.34. The molecule has 1 aromatic carbocycles. The zero-order chi connectivity index (χ0) is 12.4. The molecule has 2 N–H and O–H groups in total. The van der Waals surface area contributed by atoms with Crippen molar-refractivity contribution in [1.29, 1.82) is 0 Å². The Kier molecular flexibility index (Phi) is 3.74. The molecule has 1 atom stereocenters. The van der Waals surface area contributed by atoms with Crippen LogP contribution < -0.4 is 5.32 Å². The Balaban J connectivity index is 1.88. The van der Waals surface area contributed by atoms with Gasteiger partial charge in [0, 0.05) is 24.2 Å². The zero-order valence-corrected chi connectivity index (χ0v) is 9.79. The van der Waals surface area contributed by atoms with E-state index in [4.69, 9.17) is 0 Å². The summed E-state index contributed by atoms with van der Waals surface area (Å²) in [4.78, 5) is 0. The van der Waals surface area contributed by atoms with E-state index in [0.29, 0.717) is 12.6 Å². The second kappa shape index (κ2) is 5.10. The first kappa shape index (κ1) is 12.5. The van der Waals surface area contributed by atoms with Crippen LogP contribution in [0.1, 0.15) is 31.4 Å². The lowest BCUT2D eigenvalue weighted by molar-refractivity contribution is 0.146. The molecule has 0 saturated heterocycles. The quantitative estimate of drug-likeness (QED) is 0.848. The van der Waals surface area contributed by atoms with Gasteiger partial charge >= 0.3 is 0 Å². The first-order valence-electron chi connectivity index (χ1n) is 5.92. The Morgan fingerprint density at radius 1 is 1.41 bits per heavy atom. The Hall–Kier alpha value is -1.00. The summed E-state index contributed by atoms with van der Waals surface area (Å²) in [5, 5.41) is 13.0. The molecule has 0 aromatic heterocycles. The standard InChI is InChI=1S/C13H17F2NO/c1-8-4-10(5-8)16-7-13(17)11-3-2-9(14)6-12(11)15/h2-3,6,8,10,13,16-17H,4-5,7H2,1H3. The van der Waals surface area contributed by atoms with Crippen molar-refractivity contribution in [3.8, 4) is 0 Å². The molecule has 0 aliphatic heterocycles. The first-order valence-corrected chi connectivity index (χ1v) is 5.92. The molecule has 0 heterocycles. The van der Waals surface area contributed by atoms with Gasteiger partial charge in [0.2, 0.25) is 0 Å². The van der Waals surface area contributed by atoms with E-state index < -0.39 is 17.7 Å². The topological polar surface area (TPSA) is 32.3 Å². The third kappa shape index (κ3) is 3.01. The molecule has 2 rings (SSSR count). The van der Waals surface area contributed by atoms with E-state index >= 15 is 0 Å². The van der Waals surface area contributed by atoms with E-state index in [9.17, 15) is 13.9 Å². The fourth-order valence-electron chi connectivity index (χ4n) is 2.23. The van der Waals surface area contributed by atoms with Crippen molar-refractivity contribution < 1.29 is 13.9 Å². The highest BCUT2D eigenvalue weighted by Crippen LogP contribution is 2.27. The number of rotatable bonds is 4. The molecule has 0 radical (unpaired) electrons. The van der Waals surface area contributed by atoms with Gasteiger partial charge in [-0.25, -0.2) is 8.78 Å². The molecule has 17 heavy (non-hydrogen) atoms. The summed E-state index contributed by atoms with van der Waals surface area (Å²) >= 11 is 0. The van der Waals surface area contributed by atoms with Gasteiger partial charge in [-0.2, -0.15) is 0 Å². The Morgan fingerprint density at radius 3 is 2.71 bits per heavy atom. The maximum Gasteiger partial charge on any atom is 0.131 e. The average molecular weight is 241 g/mol. The van der Waals surface area contributed by atoms with Crippen LogP contribution in [0.25, 0.3) is 0 Å². The summed E-state index contributed by atoms with van der Waals surface area (Å²) in [6.45, 7) is 2.48. The van der Waals surface area contributed by atoms with Crippen LogP contribution in [0.4, 0.5) is 8.78 Å². The van der Waals surface area contributed by atoms with Crippen molar-refractivity contribution in [2.24, 2.45) is 5.92 Å². The molecule has 0 amide bonds. The molecule has 94 valence electrons. The largest absolute Gasteiger partial charge is 0.387 e. The smallest absolute Gasteiger partial charge is 0.131 e. The fourth-order valence-corrected chi connectivity index (χ4v) is 2.23. The van der Waals surface area contributed by atoms with E-state index in [2.05, 4.69) is 12.2 Å². The van der Waals surface area contributed by atoms with Crippen molar-refractivity contribution in [2.45, 2.75) is 31.9 Å². The highest BCUT2D eigenvalue weighted by molar-refractivity contribution is 5.21. The molecule has 0 bridgehead atoms. The second-order valence-electron chi connectivity index (χ2n) is 4.86. The van der Waals surface area contributed by atoms with E-state index in [1.165, 1.54) is 6.07 Å². The number of hydrogen-bond acceptors (Lipinski definition) is 2. The van der Waals surface area contributed by atoms with Gasteiger partial charge in [-0.3, -0.25) is 0 Å². The van der Waals surface area contributed by atoms with Crippen LogP contribution in [0.15, 0.2) is 18.2 Å². The fraction of sp³-hybridized carbons (Fsp3) is 0.538. The maximum atomic E-state index is 13.4. The summed E-state index contributed by atoms with van der Waals surface area (Å²) in [5.74, 6) is -0.590. The minimum atomic E-state index is -0.925. The van der Waals surface area contributed by atoms with Crippen molar-refractivity contribution in [3.63, 3.8) is 0 Å². The van der Waals surface area contributed by atoms with Gasteiger partial charge in [0.25, 0.3) is 0 Å². The van der Waals surface area contributed by atoms with Crippen LogP contribution in [0.3, 0.4) is 0 Å². The van der Waals surface area contributed by atoms with Gasteiger partial charge in [-0.05, 0) is 24.8 Å². The lowest BCUT2D eigenvalue weighted by atomic mass is 9.82. The molecule has 1 aliphatic carbocycles. The monoisotopic (exact) mass is 241 g/mol. The van der Waals surface area contributed by atoms with Gasteiger partial charge < -0.3 is 10.4 Å². The third-order valence-corrected chi connectivity index (χ3v) is 3.30. The third-order valence-electron chi connectivity index (χ3n) is 3.30. The molecule has 1 saturated carbocycles. The van der Waals surface area contributed by atoms with Crippen molar-refractivity contribution in [1.82, 2.24) is 5.32 Å². The lowest BCUT2D eigenvalue weighted by Crippen LogP contribution is -2.41. The van der Waals surface area contributed by atoms with Crippen molar-refractivity contribution >= 4 is 0 Å². The maximum absolute atomic E-state index is 13.4. The summed E-state index contributed by atoms with van der Waals surface area (Å²) in [5.41, 5.74) is 0.145. The van der Waals surface area contributed by atoms with E-state index in [0.717, 1.165) is 30.9 Å². The van der Waals surface area contributed by atoms with Gasteiger partial charge in [0.1, 0.15) is 11.6 Å². The second-order valence-corrected chi connectivity index (χ2v) is 4.86. The SMILES string of the molecule is CC1CC(NCC(O)c2ccc(F)cc2F)C1. The summed E-state index contributed by atoms with van der Waals surface area (Å²) < 4.78 is 26.0. The summed E-state index contributed by atoms with van der Waals surface area (Å²) in [6.07, 6.45) is 1.27. The molecule has 0 spiro atoms. The Labute approximate surface area is 99.7 Å². The van der Waals surface area contributed by atoms with Gasteiger partial charge in [0.05, 0.1) is 6.10 Å². The van der Waals surface area contributed by atoms with Crippen LogP contribution in [0.5, 0.6) is 0 Å². The van der Waals surface area contributed by atoms with Crippen molar-refractivity contribution in [3.05, 3.63) is 35.4 Å². The Bertz CT molecular complexity index is 391. The normalized spacial score (nSPS) is 25.4. The molecular formula is C13H17F2NO. The molecule has 1 aromatic rings. The summed E-state index contributed by atoms with van der Waals surface area (Å²) in [6, 6.07) is 3.67. The zero-order valence-electron chi connectivity index (χ0n) is 9.79. The Morgan fingerprint density at radius 2 is 2.12 bits per heavy atom. The van der Waals surface area contributed by atoms with Gasteiger partial charge in [0.15, 0.2) is 0 Å². The molecule has 1 aliphatic rings. The van der Waals surface area contributed by atoms with Crippen molar-refractivity contribution in [2.75, 3.05) is 6.54 Å². The first-order chi connectivity index (χ1) is 8.06. The highest BCUT2D eigenvalue weighted by Gasteiger charge is 2.25. The minimum absolute atomic E-state index is 0.145. The average Bonchev–Trinajstić information content (AvgIpc) is 2.22. The number of aliphatic hydroxyl groups is 1. The van der Waals surface area contributed by atoms with E-state index in [1.54, 1.807) is 0 Å². The number of aliphatic hydroxyl groups excluding tert-OH is 1. The van der Waals surface area contributed by atoms with Gasteiger partial charge in [-0.1, -0.05) is 13.0 Å². The number of hydrogen-bond donors (Lipinski definition) is 2. The van der Waals surface area contributed by atoms with Crippen LogP contribution in [-0.2, 0) is 0 Å². The number of nitrogens with one attached hydrogen (secondary N) is 1. The van der Waals surface area contributed by atoms with Crippen LogP contribution in [-0.4, -0.2) is 17.7 Å². The van der Waals surface area contributed by atoms with Crippen LogP contribution in [0.2, 0.25) is 0 Å². The summed E-state index contributed by atoms with van der Waals surface area (Å²) in [7, 11) is 0. The van der Waals surface area contributed by atoms with Gasteiger partial charge in [-0.15, -0.1) is 0 Å². The number of halogens is 2. The molecule has 4 heteroatoms. The van der Waals surface area contributed by atoms with Crippen LogP contribution >= 0.6 is 0 Å². The molecule has 2 nitrogen and oxygen atoms in total. The highest BCUT2D eigenvalue weighted by atomic mass is 19.1. The predicted molar refractivity (Wildman–Crippen MR) is 61.5 cm³/mol. The molecule has 1 fully saturated rings. The predicted octanol–water partition coefficient (Wildman–Crippen LogP) is 2.39. The van der Waals surface area contributed by atoms with Crippen LogP contribution in [0, 0.1) is 17.6 Å². The molecular weight excluding hydrogens is 224 g/mol. The number of benzene rings is 1. The minimum Gasteiger partial charge on any atom is -0.387 e. The van der Waals surface area contributed by atoms with E-state index in [1.807, 2.05) is 0 Å². The van der Waals surface area contributed by atoms with E-state index in [-0.39, 0.29) is 5.56 Å².